The van der Waals surface area contributed by atoms with Crippen molar-refractivity contribution in [3.63, 3.8) is 0 Å². The van der Waals surface area contributed by atoms with Gasteiger partial charge in [0.05, 0.1) is 18.3 Å². The number of amides is 1. The maximum atomic E-state index is 12.9. The summed E-state index contributed by atoms with van der Waals surface area (Å²) in [6, 6.07) is 7.20. The fraction of sp³-hybridized carbons (Fsp3) is 0.176. The second-order valence-corrected chi connectivity index (χ2v) is 6.22. The molecule has 1 atom stereocenters. The van der Waals surface area contributed by atoms with Crippen molar-refractivity contribution in [3.05, 3.63) is 58.6 Å². The minimum atomic E-state index is -0.560. The molecule has 0 saturated heterocycles. The lowest BCUT2D eigenvalue weighted by molar-refractivity contribution is 0.102. The molecule has 1 aromatic carbocycles. The van der Waals surface area contributed by atoms with Crippen molar-refractivity contribution in [3.8, 4) is 5.88 Å². The van der Waals surface area contributed by atoms with Crippen molar-refractivity contribution in [2.75, 3.05) is 10.6 Å². The number of fused-ring (bicyclic) bond motifs is 3. The van der Waals surface area contributed by atoms with Gasteiger partial charge >= 0.3 is 0 Å². The fourth-order valence-corrected chi connectivity index (χ4v) is 3.24. The molecular formula is C17H13BrN4O3. The molecule has 3 heterocycles. The number of alkyl halides is 1. The minimum Gasteiger partial charge on any atom is -0.472 e. The number of para-hydroxylation sites is 1. The molecule has 0 spiro atoms. The van der Waals surface area contributed by atoms with E-state index in [4.69, 9.17) is 4.74 Å². The number of halogens is 1. The van der Waals surface area contributed by atoms with Crippen molar-refractivity contribution in [1.82, 2.24) is 14.5 Å². The Kier molecular flexibility index (Phi) is 3.96. The zero-order chi connectivity index (χ0) is 17.4. The van der Waals surface area contributed by atoms with E-state index in [1.54, 1.807) is 12.1 Å². The van der Waals surface area contributed by atoms with Gasteiger partial charge in [-0.05, 0) is 12.1 Å². The highest BCUT2D eigenvalue weighted by atomic mass is 79.9. The Labute approximate surface area is 150 Å². The third-order valence-corrected chi connectivity index (χ3v) is 4.72. The molecule has 4 rings (SSSR count). The monoisotopic (exact) mass is 400 g/mol. The van der Waals surface area contributed by atoms with E-state index < -0.39 is 5.91 Å². The Morgan fingerprint density at radius 1 is 1.36 bits per heavy atom. The van der Waals surface area contributed by atoms with Crippen LogP contribution in [0.3, 0.4) is 0 Å². The second-order valence-electron chi connectivity index (χ2n) is 5.58. The number of ether oxygens (including phenoxy) is 1. The highest BCUT2D eigenvalue weighted by Crippen LogP contribution is 2.30. The highest BCUT2D eigenvalue weighted by molar-refractivity contribution is 9.09. The number of benzene rings is 1. The first-order valence-electron chi connectivity index (χ1n) is 7.64. The molecule has 126 valence electrons. The lowest BCUT2D eigenvalue weighted by Gasteiger charge is -2.12. The average molecular weight is 401 g/mol. The molecule has 0 saturated carbocycles. The van der Waals surface area contributed by atoms with E-state index in [2.05, 4.69) is 31.2 Å². The van der Waals surface area contributed by atoms with Crippen LogP contribution in [-0.4, -0.2) is 31.9 Å². The van der Waals surface area contributed by atoms with E-state index >= 15 is 0 Å². The van der Waals surface area contributed by atoms with E-state index in [0.717, 1.165) is 5.52 Å². The number of aromatic nitrogens is 3. The minimum absolute atomic E-state index is 0.0206. The summed E-state index contributed by atoms with van der Waals surface area (Å²) in [7, 11) is 0. The van der Waals surface area contributed by atoms with Gasteiger partial charge in [0.25, 0.3) is 5.91 Å². The number of rotatable bonds is 3. The SMILES string of the molecule is O=C(Nc1cnccn1)c1c2n(c3ccccc3c1=O)CC(CBr)O2. The van der Waals surface area contributed by atoms with Gasteiger partial charge in [0.15, 0.2) is 5.82 Å². The van der Waals surface area contributed by atoms with Gasteiger partial charge in [-0.1, -0.05) is 28.1 Å². The largest absolute Gasteiger partial charge is 0.472 e. The van der Waals surface area contributed by atoms with Crippen LogP contribution in [0.5, 0.6) is 5.88 Å². The van der Waals surface area contributed by atoms with Crippen LogP contribution in [0, 0.1) is 0 Å². The van der Waals surface area contributed by atoms with Gasteiger partial charge in [-0.2, -0.15) is 0 Å². The predicted octanol–water partition coefficient (Wildman–Crippen LogP) is 2.20. The van der Waals surface area contributed by atoms with Crippen LogP contribution in [0.1, 0.15) is 10.4 Å². The summed E-state index contributed by atoms with van der Waals surface area (Å²) in [5.74, 6) is -0.00128. The van der Waals surface area contributed by atoms with Gasteiger partial charge in [0.2, 0.25) is 11.3 Å². The van der Waals surface area contributed by atoms with Crippen molar-refractivity contribution in [2.24, 2.45) is 0 Å². The third-order valence-electron chi connectivity index (χ3n) is 3.99. The smallest absolute Gasteiger partial charge is 0.266 e. The summed E-state index contributed by atoms with van der Waals surface area (Å²) in [6.45, 7) is 0.562. The Morgan fingerprint density at radius 3 is 2.96 bits per heavy atom. The molecule has 0 bridgehead atoms. The molecule has 0 aliphatic carbocycles. The number of nitrogens with zero attached hydrogens (tertiary/aromatic N) is 3. The van der Waals surface area contributed by atoms with Gasteiger partial charge in [0.1, 0.15) is 11.7 Å². The molecule has 1 aliphatic heterocycles. The lowest BCUT2D eigenvalue weighted by Crippen LogP contribution is -2.24. The Morgan fingerprint density at radius 2 is 2.20 bits per heavy atom. The number of carbonyl (C=O) groups is 1. The maximum absolute atomic E-state index is 12.9. The van der Waals surface area contributed by atoms with E-state index in [-0.39, 0.29) is 28.8 Å². The summed E-state index contributed by atoms with van der Waals surface area (Å²) in [4.78, 5) is 33.6. The molecule has 25 heavy (non-hydrogen) atoms. The summed E-state index contributed by atoms with van der Waals surface area (Å²) in [5.41, 5.74) is 0.369. The van der Waals surface area contributed by atoms with Crippen molar-refractivity contribution < 1.29 is 9.53 Å². The van der Waals surface area contributed by atoms with Crippen LogP contribution >= 0.6 is 15.9 Å². The molecule has 7 nitrogen and oxygen atoms in total. The molecule has 8 heteroatoms. The first-order valence-corrected chi connectivity index (χ1v) is 8.76. The summed E-state index contributed by atoms with van der Waals surface area (Å²) < 4.78 is 7.72. The van der Waals surface area contributed by atoms with Gasteiger partial charge < -0.3 is 14.6 Å². The molecule has 3 aromatic rings. The second kappa shape index (κ2) is 6.29. The van der Waals surface area contributed by atoms with Crippen molar-refractivity contribution in [2.45, 2.75) is 12.6 Å². The number of hydrogen-bond donors (Lipinski definition) is 1. The summed E-state index contributed by atoms with van der Waals surface area (Å²) >= 11 is 3.40. The summed E-state index contributed by atoms with van der Waals surface area (Å²) in [5, 5.41) is 3.69. The van der Waals surface area contributed by atoms with E-state index in [1.165, 1.54) is 18.6 Å². The quantitative estimate of drug-likeness (QED) is 0.681. The molecule has 0 radical (unpaired) electrons. The lowest BCUT2D eigenvalue weighted by atomic mass is 10.1. The molecule has 1 N–H and O–H groups in total. The normalized spacial score (nSPS) is 15.6. The Hall–Kier alpha value is -2.74. The van der Waals surface area contributed by atoms with E-state index in [9.17, 15) is 9.59 Å². The van der Waals surface area contributed by atoms with Crippen molar-refractivity contribution >= 4 is 38.6 Å². The topological polar surface area (TPSA) is 86.1 Å². The number of pyridine rings is 1. The third kappa shape index (κ3) is 2.68. The number of nitrogens with one attached hydrogen (secondary N) is 1. The first kappa shape index (κ1) is 15.8. The van der Waals surface area contributed by atoms with Gasteiger partial charge in [0, 0.05) is 23.1 Å². The number of carbonyl (C=O) groups excluding carboxylic acids is 1. The Bertz CT molecular complexity index is 1020. The van der Waals surface area contributed by atoms with Crippen LogP contribution < -0.4 is 15.5 Å². The predicted molar refractivity (Wildman–Crippen MR) is 96.4 cm³/mol. The zero-order valence-corrected chi connectivity index (χ0v) is 14.6. The van der Waals surface area contributed by atoms with Crippen LogP contribution in [0.25, 0.3) is 10.9 Å². The van der Waals surface area contributed by atoms with Gasteiger partial charge in [-0.25, -0.2) is 4.98 Å². The fourth-order valence-electron chi connectivity index (χ4n) is 2.90. The Balaban J connectivity index is 1.88. The van der Waals surface area contributed by atoms with E-state index in [0.29, 0.717) is 17.3 Å². The first-order chi connectivity index (χ1) is 12.2. The van der Waals surface area contributed by atoms with Crippen LogP contribution in [0.15, 0.2) is 47.7 Å². The number of anilines is 1. The molecule has 1 aliphatic rings. The maximum Gasteiger partial charge on any atom is 0.266 e. The highest BCUT2D eigenvalue weighted by Gasteiger charge is 2.31. The zero-order valence-electron chi connectivity index (χ0n) is 13.0. The molecule has 1 amide bonds. The van der Waals surface area contributed by atoms with E-state index in [1.807, 2.05) is 16.7 Å². The molecule has 2 aromatic heterocycles. The standard InChI is InChI=1S/C17H13BrN4O3/c18-7-10-9-22-12-4-2-1-3-11(12)15(23)14(17(22)25-10)16(24)21-13-8-19-5-6-20-13/h1-6,8,10H,7,9H2,(H,20,21,24). The average Bonchev–Trinajstić information content (AvgIpc) is 3.07. The molecular weight excluding hydrogens is 388 g/mol. The van der Waals surface area contributed by atoms with Gasteiger partial charge in [-0.3, -0.25) is 14.6 Å². The van der Waals surface area contributed by atoms with Crippen LogP contribution in [0.2, 0.25) is 0 Å². The number of hydrogen-bond acceptors (Lipinski definition) is 5. The van der Waals surface area contributed by atoms with Crippen LogP contribution in [-0.2, 0) is 6.54 Å². The van der Waals surface area contributed by atoms with Gasteiger partial charge in [-0.15, -0.1) is 0 Å². The van der Waals surface area contributed by atoms with Crippen molar-refractivity contribution in [1.29, 1.82) is 0 Å². The molecule has 1 unspecified atom stereocenters. The molecule has 0 fully saturated rings. The summed E-state index contributed by atoms with van der Waals surface area (Å²) in [6.07, 6.45) is 4.24. The van der Waals surface area contributed by atoms with Crippen LogP contribution in [0.4, 0.5) is 5.82 Å².